The summed E-state index contributed by atoms with van der Waals surface area (Å²) >= 11 is 5.74. The van der Waals surface area contributed by atoms with Gasteiger partial charge in [-0.2, -0.15) is 0 Å². The lowest BCUT2D eigenvalue weighted by atomic mass is 9.98. The van der Waals surface area contributed by atoms with Gasteiger partial charge in [0.2, 0.25) is 5.91 Å². The topological polar surface area (TPSA) is 51.5 Å². The van der Waals surface area contributed by atoms with Crippen LogP contribution in [0.4, 0.5) is 10.1 Å². The van der Waals surface area contributed by atoms with E-state index in [4.69, 9.17) is 20.8 Å². The van der Waals surface area contributed by atoms with Gasteiger partial charge < -0.3 is 14.5 Å². The average molecular weight is 402 g/mol. The highest BCUT2D eigenvalue weighted by Gasteiger charge is 2.18. The molecule has 1 N–H and O–H groups in total. The molecule has 2 aromatic carbocycles. The molecule has 0 aliphatic rings. The van der Waals surface area contributed by atoms with Gasteiger partial charge in [0.15, 0.2) is 0 Å². The Bertz CT molecular complexity index is 1110. The van der Waals surface area contributed by atoms with Crippen LogP contribution in [0.15, 0.2) is 34.8 Å². The summed E-state index contributed by atoms with van der Waals surface area (Å²) < 4.78 is 25.4. The number of methoxy groups -OCH3 is 1. The van der Waals surface area contributed by atoms with Gasteiger partial charge in [-0.15, -0.1) is 0 Å². The standard InChI is InChI=1S/C22H21ClFNO3/c1-11(8-20(26)25-19-7-6-15(23)9-18(19)24)16-10-17-12(2)14(4)28-22(17)13(3)21(16)27-5/h6-10H,1-5H3,(H,25,26)/b11-8+. The highest BCUT2D eigenvalue weighted by Crippen LogP contribution is 2.38. The number of benzene rings is 2. The molecule has 0 atom stereocenters. The molecule has 4 nitrogen and oxygen atoms in total. The molecular formula is C22H21ClFNO3. The van der Waals surface area contributed by atoms with Crippen LogP contribution in [-0.4, -0.2) is 13.0 Å². The van der Waals surface area contributed by atoms with Gasteiger partial charge in [0.1, 0.15) is 22.9 Å². The zero-order valence-corrected chi connectivity index (χ0v) is 17.1. The number of hydrogen-bond donors (Lipinski definition) is 1. The van der Waals surface area contributed by atoms with Crippen LogP contribution in [0.3, 0.4) is 0 Å². The van der Waals surface area contributed by atoms with E-state index in [0.717, 1.165) is 39.5 Å². The number of ether oxygens (including phenoxy) is 1. The second kappa shape index (κ2) is 7.68. The number of furan rings is 1. The fraction of sp³-hybridized carbons (Fsp3) is 0.227. The zero-order chi connectivity index (χ0) is 20.6. The molecule has 0 unspecified atom stereocenters. The molecule has 0 spiro atoms. The first-order valence-electron chi connectivity index (χ1n) is 8.75. The van der Waals surface area contributed by atoms with Crippen molar-refractivity contribution in [1.82, 2.24) is 0 Å². The van der Waals surface area contributed by atoms with E-state index >= 15 is 0 Å². The summed E-state index contributed by atoms with van der Waals surface area (Å²) in [6.45, 7) is 7.64. The lowest BCUT2D eigenvalue weighted by Gasteiger charge is -2.13. The minimum atomic E-state index is -0.591. The van der Waals surface area contributed by atoms with Crippen LogP contribution in [0.25, 0.3) is 16.5 Å². The maximum absolute atomic E-state index is 13.9. The Morgan fingerprint density at radius 2 is 1.93 bits per heavy atom. The van der Waals surface area contributed by atoms with Crippen LogP contribution in [0.5, 0.6) is 5.75 Å². The van der Waals surface area contributed by atoms with Gasteiger partial charge in [-0.25, -0.2) is 4.39 Å². The van der Waals surface area contributed by atoms with Crippen LogP contribution in [-0.2, 0) is 4.79 Å². The largest absolute Gasteiger partial charge is 0.496 e. The van der Waals surface area contributed by atoms with Crippen molar-refractivity contribution in [2.45, 2.75) is 27.7 Å². The Hall–Kier alpha value is -2.79. The summed E-state index contributed by atoms with van der Waals surface area (Å²) in [5.74, 6) is 0.445. The Morgan fingerprint density at radius 3 is 2.57 bits per heavy atom. The molecule has 0 aliphatic carbocycles. The maximum atomic E-state index is 13.9. The van der Waals surface area contributed by atoms with Gasteiger partial charge in [-0.05, 0) is 63.1 Å². The van der Waals surface area contributed by atoms with Gasteiger partial charge in [-0.1, -0.05) is 11.6 Å². The number of amides is 1. The summed E-state index contributed by atoms with van der Waals surface area (Å²) in [4.78, 5) is 12.4. The fourth-order valence-corrected chi connectivity index (χ4v) is 3.36. The van der Waals surface area contributed by atoms with E-state index in [2.05, 4.69) is 5.32 Å². The van der Waals surface area contributed by atoms with Crippen LogP contribution < -0.4 is 10.1 Å². The molecule has 0 aliphatic heterocycles. The summed E-state index contributed by atoms with van der Waals surface area (Å²) in [6.07, 6.45) is 1.42. The van der Waals surface area contributed by atoms with Crippen molar-refractivity contribution in [3.8, 4) is 5.75 Å². The molecule has 0 fully saturated rings. The average Bonchev–Trinajstić information content (AvgIpc) is 2.92. The van der Waals surface area contributed by atoms with Gasteiger partial charge >= 0.3 is 0 Å². The van der Waals surface area contributed by atoms with E-state index in [1.165, 1.54) is 18.2 Å². The molecule has 146 valence electrons. The predicted octanol–water partition coefficient (Wildman–Crippen LogP) is 6.20. The van der Waals surface area contributed by atoms with Crippen molar-refractivity contribution < 1.29 is 18.3 Å². The van der Waals surface area contributed by atoms with Crippen molar-refractivity contribution in [3.05, 3.63) is 63.6 Å². The van der Waals surface area contributed by atoms with Crippen LogP contribution in [0.2, 0.25) is 5.02 Å². The molecule has 1 amide bonds. The van der Waals surface area contributed by atoms with Gasteiger partial charge in [0.25, 0.3) is 0 Å². The summed E-state index contributed by atoms with van der Waals surface area (Å²) in [7, 11) is 1.58. The minimum Gasteiger partial charge on any atom is -0.496 e. The van der Waals surface area contributed by atoms with Crippen LogP contribution >= 0.6 is 11.6 Å². The Kier molecular flexibility index (Phi) is 5.47. The van der Waals surface area contributed by atoms with E-state index in [-0.39, 0.29) is 10.7 Å². The van der Waals surface area contributed by atoms with E-state index < -0.39 is 11.7 Å². The smallest absolute Gasteiger partial charge is 0.248 e. The molecule has 0 bridgehead atoms. The molecule has 6 heteroatoms. The minimum absolute atomic E-state index is 0.0679. The van der Waals surface area contributed by atoms with Gasteiger partial charge in [0.05, 0.1) is 12.8 Å². The number of halogens is 2. The zero-order valence-electron chi connectivity index (χ0n) is 16.4. The molecule has 3 aromatic rings. The third kappa shape index (κ3) is 3.62. The molecule has 1 heterocycles. The number of anilines is 1. The van der Waals surface area contributed by atoms with E-state index in [1.807, 2.05) is 33.8 Å². The van der Waals surface area contributed by atoms with Crippen molar-refractivity contribution in [3.63, 3.8) is 0 Å². The second-order valence-corrected chi connectivity index (χ2v) is 7.12. The number of fused-ring (bicyclic) bond motifs is 1. The number of hydrogen-bond acceptors (Lipinski definition) is 3. The van der Waals surface area contributed by atoms with Crippen LogP contribution in [0.1, 0.15) is 29.4 Å². The predicted molar refractivity (Wildman–Crippen MR) is 111 cm³/mol. The SMILES string of the molecule is COc1c(/C(C)=C/C(=O)Nc2ccc(Cl)cc2F)cc2c(C)c(C)oc2c1C. The number of aryl methyl sites for hydroxylation is 3. The quantitative estimate of drug-likeness (QED) is 0.529. The summed E-state index contributed by atoms with van der Waals surface area (Å²) in [5.41, 5.74) is 4.22. The highest BCUT2D eigenvalue weighted by atomic mass is 35.5. The van der Waals surface area contributed by atoms with Crippen molar-refractivity contribution in [2.75, 3.05) is 12.4 Å². The normalized spacial score (nSPS) is 11.8. The van der Waals surface area contributed by atoms with Crippen molar-refractivity contribution in [1.29, 1.82) is 0 Å². The lowest BCUT2D eigenvalue weighted by molar-refractivity contribution is -0.111. The van der Waals surface area contributed by atoms with E-state index in [1.54, 1.807) is 7.11 Å². The molecule has 0 saturated heterocycles. The molecule has 0 saturated carbocycles. The van der Waals surface area contributed by atoms with Crippen LogP contribution in [0, 0.1) is 26.6 Å². The summed E-state index contributed by atoms with van der Waals surface area (Å²) in [5, 5.41) is 3.77. The first kappa shape index (κ1) is 20.0. The lowest BCUT2D eigenvalue weighted by Crippen LogP contribution is -2.10. The van der Waals surface area contributed by atoms with Gasteiger partial charge in [-0.3, -0.25) is 4.79 Å². The number of nitrogens with one attached hydrogen (secondary N) is 1. The van der Waals surface area contributed by atoms with E-state index in [0.29, 0.717) is 11.3 Å². The molecule has 28 heavy (non-hydrogen) atoms. The highest BCUT2D eigenvalue weighted by molar-refractivity contribution is 6.30. The number of carbonyl (C=O) groups excluding carboxylic acids is 1. The molecule has 0 radical (unpaired) electrons. The first-order valence-corrected chi connectivity index (χ1v) is 9.12. The monoisotopic (exact) mass is 401 g/mol. The number of allylic oxidation sites excluding steroid dienone is 1. The maximum Gasteiger partial charge on any atom is 0.248 e. The Morgan fingerprint density at radius 1 is 1.21 bits per heavy atom. The van der Waals surface area contributed by atoms with Crippen molar-refractivity contribution >= 4 is 39.7 Å². The Labute approximate surface area is 167 Å². The molecule has 1 aromatic heterocycles. The third-order valence-electron chi connectivity index (χ3n) is 4.81. The van der Waals surface area contributed by atoms with E-state index in [9.17, 15) is 9.18 Å². The number of carbonyl (C=O) groups is 1. The van der Waals surface area contributed by atoms with Gasteiger partial charge in [0, 0.05) is 27.6 Å². The fourth-order valence-electron chi connectivity index (χ4n) is 3.20. The number of rotatable bonds is 4. The molecule has 3 rings (SSSR count). The van der Waals surface area contributed by atoms with Crippen molar-refractivity contribution in [2.24, 2.45) is 0 Å². The third-order valence-corrected chi connectivity index (χ3v) is 5.05. The first-order chi connectivity index (χ1) is 13.2. The molecular weight excluding hydrogens is 381 g/mol. The second-order valence-electron chi connectivity index (χ2n) is 6.68. The Balaban J connectivity index is 2.00. The summed E-state index contributed by atoms with van der Waals surface area (Å²) in [6, 6.07) is 6.04.